The third-order valence-corrected chi connectivity index (χ3v) is 2.64. The summed E-state index contributed by atoms with van der Waals surface area (Å²) in [4.78, 5) is 22.5. The van der Waals surface area contributed by atoms with E-state index in [0.717, 1.165) is 0 Å². The van der Waals surface area contributed by atoms with Crippen LogP contribution in [0.2, 0.25) is 0 Å². The monoisotopic (exact) mass is 283 g/mol. The van der Waals surface area contributed by atoms with Gasteiger partial charge in [-0.2, -0.15) is 0 Å². The SMILES string of the molecule is COc1ccc(C(NC(C)=O)C(=O)O)c(OC)c1OC. The predicted octanol–water partition coefficient (Wildman–Crippen LogP) is 0.974. The molecule has 0 bridgehead atoms. The van der Waals surface area contributed by atoms with E-state index in [1.807, 2.05) is 0 Å². The van der Waals surface area contributed by atoms with Crippen molar-refractivity contribution in [1.29, 1.82) is 0 Å². The lowest BCUT2D eigenvalue weighted by Crippen LogP contribution is -2.32. The number of carboxylic acids is 1. The second-order valence-corrected chi connectivity index (χ2v) is 3.90. The van der Waals surface area contributed by atoms with Gasteiger partial charge in [0, 0.05) is 12.5 Å². The van der Waals surface area contributed by atoms with Gasteiger partial charge in [0.1, 0.15) is 0 Å². The molecule has 110 valence electrons. The standard InChI is InChI=1S/C13H17NO6/c1-7(15)14-10(13(16)17)8-5-6-9(18-2)12(20-4)11(8)19-3/h5-6,10H,1-4H3,(H,14,15)(H,16,17). The first-order chi connectivity index (χ1) is 9.46. The van der Waals surface area contributed by atoms with Gasteiger partial charge in [0.2, 0.25) is 11.7 Å². The van der Waals surface area contributed by atoms with Crippen molar-refractivity contribution in [2.75, 3.05) is 21.3 Å². The summed E-state index contributed by atoms with van der Waals surface area (Å²) in [6.45, 7) is 1.24. The van der Waals surface area contributed by atoms with E-state index < -0.39 is 17.9 Å². The minimum absolute atomic E-state index is 0.202. The number of hydrogen-bond acceptors (Lipinski definition) is 5. The predicted molar refractivity (Wildman–Crippen MR) is 70.3 cm³/mol. The summed E-state index contributed by atoms with van der Waals surface area (Å²) >= 11 is 0. The van der Waals surface area contributed by atoms with Gasteiger partial charge in [-0.3, -0.25) is 4.79 Å². The van der Waals surface area contributed by atoms with Crippen LogP contribution in [0.1, 0.15) is 18.5 Å². The summed E-state index contributed by atoms with van der Waals surface area (Å²) in [5, 5.41) is 11.6. The van der Waals surface area contributed by atoms with Crippen LogP contribution in [-0.4, -0.2) is 38.3 Å². The highest BCUT2D eigenvalue weighted by Crippen LogP contribution is 2.42. The van der Waals surface area contributed by atoms with Crippen LogP contribution in [-0.2, 0) is 9.59 Å². The number of nitrogens with one attached hydrogen (secondary N) is 1. The molecule has 1 aromatic rings. The van der Waals surface area contributed by atoms with E-state index in [1.54, 1.807) is 6.07 Å². The zero-order valence-corrected chi connectivity index (χ0v) is 11.7. The fourth-order valence-electron chi connectivity index (χ4n) is 1.83. The largest absolute Gasteiger partial charge is 0.493 e. The minimum Gasteiger partial charge on any atom is -0.493 e. The molecular formula is C13H17NO6. The van der Waals surface area contributed by atoms with E-state index in [1.165, 1.54) is 34.3 Å². The van der Waals surface area contributed by atoms with Crippen molar-refractivity contribution in [3.8, 4) is 17.2 Å². The lowest BCUT2D eigenvalue weighted by molar-refractivity contribution is -0.141. The summed E-state index contributed by atoms with van der Waals surface area (Å²) in [7, 11) is 4.26. The van der Waals surface area contributed by atoms with E-state index in [2.05, 4.69) is 5.32 Å². The fraction of sp³-hybridized carbons (Fsp3) is 0.385. The number of benzene rings is 1. The average molecular weight is 283 g/mol. The van der Waals surface area contributed by atoms with Crippen LogP contribution >= 0.6 is 0 Å². The molecule has 2 N–H and O–H groups in total. The van der Waals surface area contributed by atoms with Gasteiger partial charge in [-0.15, -0.1) is 0 Å². The van der Waals surface area contributed by atoms with E-state index in [-0.39, 0.29) is 17.1 Å². The first-order valence-electron chi connectivity index (χ1n) is 5.75. The molecule has 0 fully saturated rings. The van der Waals surface area contributed by atoms with Gasteiger partial charge >= 0.3 is 5.97 Å². The van der Waals surface area contributed by atoms with E-state index in [4.69, 9.17) is 14.2 Å². The lowest BCUT2D eigenvalue weighted by atomic mass is 10.0. The van der Waals surface area contributed by atoms with Gasteiger partial charge in [0.05, 0.1) is 21.3 Å². The maximum absolute atomic E-state index is 11.3. The lowest BCUT2D eigenvalue weighted by Gasteiger charge is -2.20. The fourth-order valence-corrected chi connectivity index (χ4v) is 1.83. The van der Waals surface area contributed by atoms with Crippen LogP contribution in [0.15, 0.2) is 12.1 Å². The van der Waals surface area contributed by atoms with Crippen LogP contribution in [0.4, 0.5) is 0 Å². The molecule has 1 aromatic carbocycles. The molecule has 0 heterocycles. The molecule has 0 saturated heterocycles. The topological polar surface area (TPSA) is 94.1 Å². The number of ether oxygens (including phenoxy) is 3. The Hall–Kier alpha value is -2.44. The molecule has 0 aliphatic heterocycles. The highest BCUT2D eigenvalue weighted by atomic mass is 16.5. The van der Waals surface area contributed by atoms with Crippen molar-refractivity contribution in [1.82, 2.24) is 5.32 Å². The van der Waals surface area contributed by atoms with Crippen LogP contribution in [0, 0.1) is 0 Å². The van der Waals surface area contributed by atoms with Gasteiger partial charge in [-0.1, -0.05) is 0 Å². The van der Waals surface area contributed by atoms with Crippen LogP contribution < -0.4 is 19.5 Å². The minimum atomic E-state index is -1.23. The summed E-state index contributed by atoms with van der Waals surface area (Å²) in [5.41, 5.74) is 0.271. The van der Waals surface area contributed by atoms with Crippen molar-refractivity contribution < 1.29 is 28.9 Å². The molecule has 7 heteroatoms. The second-order valence-electron chi connectivity index (χ2n) is 3.90. The Kier molecular flexibility index (Phi) is 5.19. The first-order valence-corrected chi connectivity index (χ1v) is 5.75. The number of aliphatic carboxylic acids is 1. The molecule has 1 unspecified atom stereocenters. The van der Waals surface area contributed by atoms with E-state index in [0.29, 0.717) is 5.75 Å². The summed E-state index contributed by atoms with van der Waals surface area (Å²) in [5.74, 6) is -0.794. The van der Waals surface area contributed by atoms with Crippen molar-refractivity contribution in [3.05, 3.63) is 17.7 Å². The highest BCUT2D eigenvalue weighted by molar-refractivity contribution is 5.84. The third-order valence-electron chi connectivity index (χ3n) is 2.64. The zero-order chi connectivity index (χ0) is 15.3. The number of rotatable bonds is 6. The quantitative estimate of drug-likeness (QED) is 0.808. The number of methoxy groups -OCH3 is 3. The van der Waals surface area contributed by atoms with Crippen molar-refractivity contribution in [2.45, 2.75) is 13.0 Å². The molecule has 20 heavy (non-hydrogen) atoms. The second kappa shape index (κ2) is 6.65. The third kappa shape index (κ3) is 3.11. The molecular weight excluding hydrogens is 266 g/mol. The zero-order valence-electron chi connectivity index (χ0n) is 11.7. The molecule has 0 aliphatic rings. The van der Waals surface area contributed by atoms with E-state index in [9.17, 15) is 14.7 Å². The Balaban J connectivity index is 3.41. The van der Waals surface area contributed by atoms with Crippen LogP contribution in [0.5, 0.6) is 17.2 Å². The smallest absolute Gasteiger partial charge is 0.331 e. The van der Waals surface area contributed by atoms with Gasteiger partial charge in [0.15, 0.2) is 17.5 Å². The van der Waals surface area contributed by atoms with Crippen molar-refractivity contribution in [3.63, 3.8) is 0 Å². The number of carboxylic acid groups (broad SMARTS) is 1. The molecule has 7 nitrogen and oxygen atoms in total. The average Bonchev–Trinajstić information content (AvgIpc) is 2.42. The van der Waals surface area contributed by atoms with Crippen LogP contribution in [0.3, 0.4) is 0 Å². The molecule has 0 aliphatic carbocycles. The maximum atomic E-state index is 11.3. The van der Waals surface area contributed by atoms with Gasteiger partial charge in [-0.25, -0.2) is 4.79 Å². The highest BCUT2D eigenvalue weighted by Gasteiger charge is 2.27. The molecule has 1 rings (SSSR count). The number of amides is 1. The number of hydrogen-bond donors (Lipinski definition) is 2. The normalized spacial score (nSPS) is 11.4. The number of carbonyl (C=O) groups is 2. The molecule has 1 amide bonds. The van der Waals surface area contributed by atoms with Crippen LogP contribution in [0.25, 0.3) is 0 Å². The Bertz CT molecular complexity index is 514. The van der Waals surface area contributed by atoms with Gasteiger partial charge in [-0.05, 0) is 12.1 Å². The Morgan fingerprint density at radius 3 is 2.10 bits per heavy atom. The van der Waals surface area contributed by atoms with Crippen molar-refractivity contribution >= 4 is 11.9 Å². The molecule has 0 radical (unpaired) electrons. The summed E-state index contributed by atoms with van der Waals surface area (Å²) in [6, 6.07) is 1.82. The van der Waals surface area contributed by atoms with Gasteiger partial charge < -0.3 is 24.6 Å². The molecule has 0 aromatic heterocycles. The molecule has 0 spiro atoms. The summed E-state index contributed by atoms with van der Waals surface area (Å²) in [6.07, 6.45) is 0. The van der Waals surface area contributed by atoms with E-state index >= 15 is 0 Å². The maximum Gasteiger partial charge on any atom is 0.331 e. The Morgan fingerprint density at radius 2 is 1.70 bits per heavy atom. The van der Waals surface area contributed by atoms with Crippen molar-refractivity contribution in [2.24, 2.45) is 0 Å². The Morgan fingerprint density at radius 1 is 1.10 bits per heavy atom. The molecule has 0 saturated carbocycles. The number of carbonyl (C=O) groups excluding carboxylic acids is 1. The first kappa shape index (κ1) is 15.6. The Labute approximate surface area is 116 Å². The summed E-state index contributed by atoms with van der Waals surface area (Å²) < 4.78 is 15.5. The molecule has 1 atom stereocenters. The van der Waals surface area contributed by atoms with Gasteiger partial charge in [0.25, 0.3) is 0 Å².